The highest BCUT2D eigenvalue weighted by Crippen LogP contribution is 2.30. The minimum atomic E-state index is -0.313. The maximum atomic E-state index is 13.4. The van der Waals surface area contributed by atoms with Gasteiger partial charge in [-0.05, 0) is 37.0 Å². The van der Waals surface area contributed by atoms with E-state index in [1.807, 2.05) is 53.1 Å². The molecule has 4 aromatic rings. The second kappa shape index (κ2) is 7.91. The van der Waals surface area contributed by atoms with Crippen molar-refractivity contribution in [2.45, 2.75) is 32.4 Å². The molecule has 0 amide bonds. The van der Waals surface area contributed by atoms with E-state index in [0.717, 1.165) is 37.4 Å². The number of para-hydroxylation sites is 1. The standard InChI is InChI=1S/C24H25N5O2/c1-26-21-20(22(30)29(24(26)31)15-8-12-18-10-4-2-5-11-18)28-17-9-16-27(23(28)25-21)19-13-6-3-7-14-19/h2-7,10-11,13-14H,8-9,12,15-17H2,1H3. The summed E-state index contributed by atoms with van der Waals surface area (Å²) in [5.41, 5.74) is 2.64. The quantitative estimate of drug-likeness (QED) is 0.503. The molecule has 0 saturated carbocycles. The minimum Gasteiger partial charge on any atom is -0.312 e. The summed E-state index contributed by atoms with van der Waals surface area (Å²) < 4.78 is 4.84. The minimum absolute atomic E-state index is 0.250. The van der Waals surface area contributed by atoms with Crippen molar-refractivity contribution in [3.8, 4) is 0 Å². The number of aryl methyl sites for hydroxylation is 3. The van der Waals surface area contributed by atoms with E-state index in [4.69, 9.17) is 4.98 Å². The molecule has 0 unspecified atom stereocenters. The van der Waals surface area contributed by atoms with Gasteiger partial charge in [-0.2, -0.15) is 4.98 Å². The zero-order chi connectivity index (χ0) is 21.4. The Hall–Kier alpha value is -3.61. The molecular formula is C24H25N5O2. The van der Waals surface area contributed by atoms with Crippen LogP contribution in [0.25, 0.3) is 11.2 Å². The molecule has 0 atom stereocenters. The fourth-order valence-electron chi connectivity index (χ4n) is 4.40. The lowest BCUT2D eigenvalue weighted by atomic mass is 10.1. The Kier molecular flexibility index (Phi) is 4.94. The van der Waals surface area contributed by atoms with Gasteiger partial charge in [-0.3, -0.25) is 13.9 Å². The Morgan fingerprint density at radius 1 is 0.935 bits per heavy atom. The average Bonchev–Trinajstić information content (AvgIpc) is 3.21. The van der Waals surface area contributed by atoms with Crippen LogP contribution in [-0.4, -0.2) is 25.2 Å². The summed E-state index contributed by atoms with van der Waals surface area (Å²) in [4.78, 5) is 33.2. The number of benzene rings is 2. The van der Waals surface area contributed by atoms with E-state index in [2.05, 4.69) is 17.0 Å². The van der Waals surface area contributed by atoms with Crippen LogP contribution in [0.2, 0.25) is 0 Å². The maximum absolute atomic E-state index is 13.4. The van der Waals surface area contributed by atoms with Gasteiger partial charge in [0.15, 0.2) is 11.2 Å². The highest BCUT2D eigenvalue weighted by Gasteiger charge is 2.26. The van der Waals surface area contributed by atoms with Crippen LogP contribution in [0, 0.1) is 0 Å². The van der Waals surface area contributed by atoms with E-state index in [0.29, 0.717) is 24.3 Å². The number of fused-ring (bicyclic) bond motifs is 3. The van der Waals surface area contributed by atoms with Gasteiger partial charge in [0.25, 0.3) is 5.56 Å². The van der Waals surface area contributed by atoms with Gasteiger partial charge in [-0.25, -0.2) is 4.79 Å². The van der Waals surface area contributed by atoms with Crippen molar-refractivity contribution >= 4 is 22.8 Å². The van der Waals surface area contributed by atoms with E-state index in [9.17, 15) is 9.59 Å². The number of imidazole rings is 1. The van der Waals surface area contributed by atoms with Crippen LogP contribution in [0.5, 0.6) is 0 Å². The summed E-state index contributed by atoms with van der Waals surface area (Å²) in [7, 11) is 1.70. The molecular weight excluding hydrogens is 390 g/mol. The first-order chi connectivity index (χ1) is 15.1. The van der Waals surface area contributed by atoms with Crippen LogP contribution in [0.1, 0.15) is 18.4 Å². The van der Waals surface area contributed by atoms with Gasteiger partial charge in [0, 0.05) is 32.4 Å². The summed E-state index contributed by atoms with van der Waals surface area (Å²) in [5, 5.41) is 0. The smallest absolute Gasteiger partial charge is 0.312 e. The molecule has 2 aromatic carbocycles. The molecule has 7 nitrogen and oxygen atoms in total. The van der Waals surface area contributed by atoms with Gasteiger partial charge in [0.05, 0.1) is 0 Å². The van der Waals surface area contributed by atoms with Crippen LogP contribution in [0.15, 0.2) is 70.3 Å². The van der Waals surface area contributed by atoms with E-state index < -0.39 is 0 Å². The summed E-state index contributed by atoms with van der Waals surface area (Å²) in [6.45, 7) is 1.93. The number of hydrogen-bond acceptors (Lipinski definition) is 4. The van der Waals surface area contributed by atoms with Gasteiger partial charge in [-0.15, -0.1) is 0 Å². The Morgan fingerprint density at radius 2 is 1.65 bits per heavy atom. The SMILES string of the molecule is Cn1c(=O)n(CCCc2ccccc2)c(=O)c2c1nc1n2CCCN1c1ccccc1. The Balaban J connectivity index is 1.56. The molecule has 31 heavy (non-hydrogen) atoms. The number of nitrogens with zero attached hydrogens (tertiary/aromatic N) is 5. The fourth-order valence-corrected chi connectivity index (χ4v) is 4.40. The molecule has 1 aliphatic rings. The molecule has 7 heteroatoms. The Morgan fingerprint density at radius 3 is 2.39 bits per heavy atom. The van der Waals surface area contributed by atoms with Gasteiger partial charge >= 0.3 is 5.69 Å². The monoisotopic (exact) mass is 415 g/mol. The number of anilines is 2. The topological polar surface area (TPSA) is 65.1 Å². The molecule has 0 N–H and O–H groups in total. The third-order valence-electron chi connectivity index (χ3n) is 5.98. The molecule has 0 saturated heterocycles. The second-order valence-electron chi connectivity index (χ2n) is 7.96. The summed E-state index contributed by atoms with van der Waals surface area (Å²) in [6, 6.07) is 20.2. The van der Waals surface area contributed by atoms with Gasteiger partial charge in [-0.1, -0.05) is 48.5 Å². The fraction of sp³-hybridized carbons (Fsp3) is 0.292. The van der Waals surface area contributed by atoms with Crippen LogP contribution < -0.4 is 16.1 Å². The number of aromatic nitrogens is 4. The molecule has 0 aliphatic carbocycles. The van der Waals surface area contributed by atoms with Crippen LogP contribution >= 0.6 is 0 Å². The lowest BCUT2D eigenvalue weighted by molar-refractivity contribution is 0.565. The Labute approximate surface area is 179 Å². The number of hydrogen-bond donors (Lipinski definition) is 0. The largest absolute Gasteiger partial charge is 0.332 e. The van der Waals surface area contributed by atoms with Crippen LogP contribution in [-0.2, 0) is 26.6 Å². The Bertz CT molecular complexity index is 1340. The number of rotatable bonds is 5. The van der Waals surface area contributed by atoms with E-state index in [1.165, 1.54) is 14.7 Å². The molecule has 158 valence electrons. The summed E-state index contributed by atoms with van der Waals surface area (Å²) >= 11 is 0. The van der Waals surface area contributed by atoms with Crippen molar-refractivity contribution in [2.75, 3.05) is 11.4 Å². The van der Waals surface area contributed by atoms with Crippen molar-refractivity contribution in [1.82, 2.24) is 18.7 Å². The molecule has 0 spiro atoms. The van der Waals surface area contributed by atoms with Crippen molar-refractivity contribution in [1.29, 1.82) is 0 Å². The first-order valence-electron chi connectivity index (χ1n) is 10.7. The predicted octanol–water partition coefficient (Wildman–Crippen LogP) is 3.07. The van der Waals surface area contributed by atoms with Gasteiger partial charge in [0.1, 0.15) is 0 Å². The molecule has 2 aromatic heterocycles. The maximum Gasteiger partial charge on any atom is 0.332 e. The molecule has 0 fully saturated rings. The zero-order valence-corrected chi connectivity index (χ0v) is 17.6. The zero-order valence-electron chi connectivity index (χ0n) is 17.6. The highest BCUT2D eigenvalue weighted by atomic mass is 16.2. The van der Waals surface area contributed by atoms with Crippen molar-refractivity contribution in [3.63, 3.8) is 0 Å². The van der Waals surface area contributed by atoms with Crippen molar-refractivity contribution < 1.29 is 0 Å². The van der Waals surface area contributed by atoms with Crippen LogP contribution in [0.4, 0.5) is 11.6 Å². The first-order valence-corrected chi connectivity index (χ1v) is 10.7. The third kappa shape index (κ3) is 3.36. The van der Waals surface area contributed by atoms with Gasteiger partial charge in [0.2, 0.25) is 5.95 Å². The highest BCUT2D eigenvalue weighted by molar-refractivity contribution is 5.77. The van der Waals surface area contributed by atoms with Crippen LogP contribution in [0.3, 0.4) is 0 Å². The van der Waals surface area contributed by atoms with E-state index in [1.54, 1.807) is 7.05 Å². The summed E-state index contributed by atoms with van der Waals surface area (Å²) in [6.07, 6.45) is 2.45. The molecule has 0 radical (unpaired) electrons. The predicted molar refractivity (Wildman–Crippen MR) is 122 cm³/mol. The third-order valence-corrected chi connectivity index (χ3v) is 5.98. The lowest BCUT2D eigenvalue weighted by Gasteiger charge is -2.28. The lowest BCUT2D eigenvalue weighted by Crippen LogP contribution is -2.40. The summed E-state index contributed by atoms with van der Waals surface area (Å²) in [5.74, 6) is 0.724. The molecule has 3 heterocycles. The van der Waals surface area contributed by atoms with Crippen molar-refractivity contribution in [2.24, 2.45) is 7.05 Å². The first kappa shape index (κ1) is 19.4. The van der Waals surface area contributed by atoms with E-state index in [-0.39, 0.29) is 11.2 Å². The molecule has 5 rings (SSSR count). The normalized spacial score (nSPS) is 13.5. The van der Waals surface area contributed by atoms with E-state index >= 15 is 0 Å². The second-order valence-corrected chi connectivity index (χ2v) is 7.96. The molecule has 1 aliphatic heterocycles. The average molecular weight is 415 g/mol. The van der Waals surface area contributed by atoms with Gasteiger partial charge < -0.3 is 9.47 Å². The van der Waals surface area contributed by atoms with Crippen molar-refractivity contribution in [3.05, 3.63) is 87.1 Å². The molecule has 0 bridgehead atoms.